The molecule has 3 N–H and O–H groups in total. The van der Waals surface area contributed by atoms with E-state index in [-0.39, 0.29) is 35.7 Å². The van der Waals surface area contributed by atoms with Crippen molar-refractivity contribution in [3.05, 3.63) is 70.9 Å². The predicted molar refractivity (Wildman–Crippen MR) is 133 cm³/mol. The molecule has 1 fully saturated rings. The van der Waals surface area contributed by atoms with Crippen molar-refractivity contribution in [3.8, 4) is 0 Å². The van der Waals surface area contributed by atoms with Crippen LogP contribution in [0.15, 0.2) is 48.5 Å². The Morgan fingerprint density at radius 1 is 1.09 bits per heavy atom. The number of amides is 3. The molecule has 3 heterocycles. The van der Waals surface area contributed by atoms with Crippen LogP contribution in [0.25, 0.3) is 10.9 Å². The summed E-state index contributed by atoms with van der Waals surface area (Å²) in [6, 6.07) is 14.2. The summed E-state index contributed by atoms with van der Waals surface area (Å²) in [4.78, 5) is 45.6. The average Bonchev–Trinajstić information content (AvgIpc) is 3.51. The van der Waals surface area contributed by atoms with Crippen LogP contribution in [0.1, 0.15) is 66.3 Å². The van der Waals surface area contributed by atoms with Gasteiger partial charge in [-0.1, -0.05) is 50.2 Å². The number of hydrogen-bond donors (Lipinski definition) is 3. The molecule has 1 saturated carbocycles. The Hall–Kier alpha value is -3.61. The molecule has 2 aliphatic heterocycles. The molecule has 3 atom stereocenters. The minimum Gasteiger partial charge on any atom is -0.356 e. The van der Waals surface area contributed by atoms with Gasteiger partial charge in [0.2, 0.25) is 11.8 Å². The number of carbonyl (C=O) groups excluding carboxylic acids is 3. The van der Waals surface area contributed by atoms with Crippen LogP contribution in [-0.2, 0) is 16.0 Å². The van der Waals surface area contributed by atoms with E-state index >= 15 is 0 Å². The zero-order valence-electron chi connectivity index (χ0n) is 20.0. The van der Waals surface area contributed by atoms with Crippen molar-refractivity contribution in [2.45, 2.75) is 63.7 Å². The number of para-hydroxylation sites is 1. The molecular weight excluding hydrogens is 440 g/mol. The van der Waals surface area contributed by atoms with Crippen molar-refractivity contribution in [2.24, 2.45) is 5.92 Å². The van der Waals surface area contributed by atoms with Crippen molar-refractivity contribution >= 4 is 28.6 Å². The molecule has 180 valence electrons. The Kier molecular flexibility index (Phi) is 5.16. The number of benzene rings is 2. The Morgan fingerprint density at radius 2 is 1.83 bits per heavy atom. The van der Waals surface area contributed by atoms with E-state index in [1.165, 1.54) is 0 Å². The van der Waals surface area contributed by atoms with Gasteiger partial charge in [-0.15, -0.1) is 0 Å². The summed E-state index contributed by atoms with van der Waals surface area (Å²) in [7, 11) is 0. The summed E-state index contributed by atoms with van der Waals surface area (Å²) in [5.74, 6) is -0.311. The molecule has 0 saturated heterocycles. The van der Waals surface area contributed by atoms with E-state index in [0.29, 0.717) is 18.4 Å². The van der Waals surface area contributed by atoms with E-state index in [2.05, 4.69) is 21.7 Å². The van der Waals surface area contributed by atoms with Gasteiger partial charge in [-0.25, -0.2) is 0 Å². The number of aromatic nitrogens is 1. The topological polar surface area (TPSA) is 94.3 Å². The Labute approximate surface area is 204 Å². The molecule has 7 nitrogen and oxygen atoms in total. The number of aromatic amines is 1. The van der Waals surface area contributed by atoms with Crippen molar-refractivity contribution in [3.63, 3.8) is 0 Å². The lowest BCUT2D eigenvalue weighted by molar-refractivity contribution is -0.132. The van der Waals surface area contributed by atoms with Crippen molar-refractivity contribution in [1.29, 1.82) is 0 Å². The van der Waals surface area contributed by atoms with Crippen LogP contribution in [0.4, 0.5) is 0 Å². The van der Waals surface area contributed by atoms with E-state index in [4.69, 9.17) is 0 Å². The fourth-order valence-electron chi connectivity index (χ4n) is 5.64. The number of carbonyl (C=O) groups is 3. The fraction of sp³-hybridized carbons (Fsp3) is 0.393. The molecule has 3 aliphatic rings. The van der Waals surface area contributed by atoms with Gasteiger partial charge in [0.05, 0.1) is 6.04 Å². The maximum absolute atomic E-state index is 13.8. The second-order valence-corrected chi connectivity index (χ2v) is 10.5. The van der Waals surface area contributed by atoms with Crippen LogP contribution in [-0.4, -0.2) is 45.7 Å². The molecule has 35 heavy (non-hydrogen) atoms. The lowest BCUT2D eigenvalue weighted by atomic mass is 9.89. The van der Waals surface area contributed by atoms with Crippen LogP contribution in [0.5, 0.6) is 0 Å². The second-order valence-electron chi connectivity index (χ2n) is 10.5. The second kappa shape index (κ2) is 8.26. The fourth-order valence-corrected chi connectivity index (χ4v) is 5.64. The number of hydrogen-bond acceptors (Lipinski definition) is 3. The van der Waals surface area contributed by atoms with Gasteiger partial charge in [0.15, 0.2) is 0 Å². The Bertz CT molecular complexity index is 1340. The summed E-state index contributed by atoms with van der Waals surface area (Å²) in [6.07, 6.45) is 2.93. The molecule has 1 unspecified atom stereocenters. The first-order chi connectivity index (χ1) is 16.9. The van der Waals surface area contributed by atoms with Crippen molar-refractivity contribution < 1.29 is 14.4 Å². The molecular formula is C28H30N4O3. The summed E-state index contributed by atoms with van der Waals surface area (Å²) >= 11 is 0. The molecule has 0 radical (unpaired) electrons. The highest BCUT2D eigenvalue weighted by Gasteiger charge is 2.49. The Balaban J connectivity index is 1.38. The molecule has 3 amide bonds. The molecule has 3 aromatic rings. The van der Waals surface area contributed by atoms with Crippen LogP contribution in [0, 0.1) is 5.92 Å². The summed E-state index contributed by atoms with van der Waals surface area (Å²) in [5, 5.41) is 7.13. The van der Waals surface area contributed by atoms with Crippen LogP contribution >= 0.6 is 0 Å². The van der Waals surface area contributed by atoms with E-state index in [9.17, 15) is 14.4 Å². The van der Waals surface area contributed by atoms with Gasteiger partial charge in [-0.2, -0.15) is 0 Å². The van der Waals surface area contributed by atoms with E-state index in [1.807, 2.05) is 56.3 Å². The van der Waals surface area contributed by atoms with Gasteiger partial charge in [0.25, 0.3) is 5.91 Å². The highest BCUT2D eigenvalue weighted by atomic mass is 16.2. The van der Waals surface area contributed by atoms with Gasteiger partial charge < -0.3 is 20.5 Å². The molecule has 1 aromatic heterocycles. The van der Waals surface area contributed by atoms with Crippen LogP contribution in [0.3, 0.4) is 0 Å². The molecule has 1 aliphatic carbocycles. The third-order valence-corrected chi connectivity index (χ3v) is 7.42. The number of nitrogens with zero attached hydrogens (tertiary/aromatic N) is 1. The van der Waals surface area contributed by atoms with E-state index < -0.39 is 12.1 Å². The summed E-state index contributed by atoms with van der Waals surface area (Å²) < 4.78 is 0. The monoisotopic (exact) mass is 470 g/mol. The van der Waals surface area contributed by atoms with Crippen LogP contribution in [0.2, 0.25) is 0 Å². The smallest absolute Gasteiger partial charge is 0.255 e. The molecule has 0 spiro atoms. The zero-order valence-corrected chi connectivity index (χ0v) is 20.0. The summed E-state index contributed by atoms with van der Waals surface area (Å²) in [5.41, 5.74) is 4.57. The lowest BCUT2D eigenvalue weighted by Crippen LogP contribution is -2.57. The van der Waals surface area contributed by atoms with Gasteiger partial charge in [0.1, 0.15) is 12.1 Å². The average molecular weight is 471 g/mol. The molecule has 2 aromatic carbocycles. The quantitative estimate of drug-likeness (QED) is 0.515. The minimum absolute atomic E-state index is 0.134. The number of H-pyrrole nitrogens is 1. The van der Waals surface area contributed by atoms with Gasteiger partial charge in [-0.05, 0) is 48.4 Å². The lowest BCUT2D eigenvalue weighted by Gasteiger charge is -2.37. The zero-order chi connectivity index (χ0) is 24.3. The SMILES string of the molecule is CC(C)C[C@H](NC(=O)[C@@H]1Cc2c([nH]c3ccccc23)C2c3ccccc3C(=O)N21)C(=O)NC1CC1. The first-order valence-electron chi connectivity index (χ1n) is 12.5. The third kappa shape index (κ3) is 3.70. The summed E-state index contributed by atoms with van der Waals surface area (Å²) in [6.45, 7) is 4.08. The van der Waals surface area contributed by atoms with E-state index in [0.717, 1.165) is 40.6 Å². The van der Waals surface area contributed by atoms with Gasteiger partial charge in [0, 0.05) is 34.6 Å². The maximum Gasteiger partial charge on any atom is 0.255 e. The van der Waals surface area contributed by atoms with Crippen molar-refractivity contribution in [2.75, 3.05) is 0 Å². The standard InChI is InChI=1S/C28H30N4O3/c1-15(2)13-22(26(33)29-16-11-12-16)31-27(34)23-14-20-17-7-5-6-10-21(17)30-24(20)25-18-8-3-4-9-19(18)28(35)32(23)25/h3-10,15-16,22-23,25,30H,11-14H2,1-2H3,(H,29,33)(H,31,34)/t22-,23-,25?/m0/s1. The third-order valence-electron chi connectivity index (χ3n) is 7.42. The molecule has 0 bridgehead atoms. The van der Waals surface area contributed by atoms with Gasteiger partial charge >= 0.3 is 0 Å². The van der Waals surface area contributed by atoms with E-state index in [1.54, 1.807) is 4.90 Å². The van der Waals surface area contributed by atoms with Gasteiger partial charge in [-0.3, -0.25) is 14.4 Å². The first kappa shape index (κ1) is 21.9. The largest absolute Gasteiger partial charge is 0.356 e. The predicted octanol–water partition coefficient (Wildman–Crippen LogP) is 3.45. The minimum atomic E-state index is -0.699. The van der Waals surface area contributed by atoms with Crippen molar-refractivity contribution in [1.82, 2.24) is 20.5 Å². The number of rotatable bonds is 6. The first-order valence-corrected chi connectivity index (χ1v) is 12.5. The highest BCUT2D eigenvalue weighted by Crippen LogP contribution is 2.46. The molecule has 7 heteroatoms. The number of fused-ring (bicyclic) bond motifs is 7. The van der Waals surface area contributed by atoms with Crippen LogP contribution < -0.4 is 10.6 Å². The number of nitrogens with one attached hydrogen (secondary N) is 3. The Morgan fingerprint density at radius 3 is 2.60 bits per heavy atom. The highest BCUT2D eigenvalue weighted by molar-refractivity contribution is 6.04. The maximum atomic E-state index is 13.8. The molecule has 6 rings (SSSR count). The normalized spacial score (nSPS) is 21.5.